The van der Waals surface area contributed by atoms with Crippen molar-refractivity contribution in [3.05, 3.63) is 41.2 Å². The van der Waals surface area contributed by atoms with Gasteiger partial charge in [0.2, 0.25) is 0 Å². The molecule has 5 heteroatoms. The van der Waals surface area contributed by atoms with Crippen molar-refractivity contribution in [1.29, 1.82) is 0 Å². The lowest BCUT2D eigenvalue weighted by Crippen LogP contribution is -1.99. The lowest BCUT2D eigenvalue weighted by Gasteiger charge is -2.06. The van der Waals surface area contributed by atoms with Crippen molar-refractivity contribution in [3.8, 4) is 5.69 Å². The molecule has 0 fully saturated rings. The maximum atomic E-state index is 5.49. The molecule has 0 amide bonds. The minimum atomic E-state index is 0. The first-order chi connectivity index (χ1) is 7.22. The third kappa shape index (κ3) is 2.23. The quantitative estimate of drug-likeness (QED) is 0.868. The van der Waals surface area contributed by atoms with Crippen molar-refractivity contribution in [1.82, 2.24) is 15.0 Å². The standard InChI is InChI=1S/C11H14N4.ClH/c1-8-4-3-5-11(9(8)2)15-7-10(6-12)13-14-15;/h3-5,7H,6,12H2,1-2H3;1H. The molecule has 1 aromatic heterocycles. The van der Waals surface area contributed by atoms with Gasteiger partial charge in [-0.2, -0.15) is 0 Å². The first kappa shape index (κ1) is 12.7. The molecule has 0 unspecified atom stereocenters. The second kappa shape index (κ2) is 5.09. The third-order valence-electron chi connectivity index (χ3n) is 2.57. The first-order valence-corrected chi connectivity index (χ1v) is 4.90. The zero-order valence-electron chi connectivity index (χ0n) is 9.34. The van der Waals surface area contributed by atoms with Gasteiger partial charge in [0.05, 0.1) is 17.6 Å². The van der Waals surface area contributed by atoms with Gasteiger partial charge in [-0.05, 0) is 31.0 Å². The molecule has 0 spiro atoms. The highest BCUT2D eigenvalue weighted by molar-refractivity contribution is 5.85. The Morgan fingerprint density at radius 2 is 2.06 bits per heavy atom. The summed E-state index contributed by atoms with van der Waals surface area (Å²) in [5.74, 6) is 0. The van der Waals surface area contributed by atoms with E-state index in [1.165, 1.54) is 11.1 Å². The van der Waals surface area contributed by atoms with Crippen molar-refractivity contribution in [2.75, 3.05) is 0 Å². The van der Waals surface area contributed by atoms with E-state index in [-0.39, 0.29) is 12.4 Å². The molecule has 1 aromatic carbocycles. The van der Waals surface area contributed by atoms with Crippen molar-refractivity contribution in [3.63, 3.8) is 0 Å². The van der Waals surface area contributed by atoms with Crippen LogP contribution in [0.5, 0.6) is 0 Å². The number of benzene rings is 1. The zero-order chi connectivity index (χ0) is 10.8. The van der Waals surface area contributed by atoms with Crippen LogP contribution in [0.25, 0.3) is 5.69 Å². The average Bonchev–Trinajstić information content (AvgIpc) is 2.70. The smallest absolute Gasteiger partial charge is 0.0967 e. The van der Waals surface area contributed by atoms with Gasteiger partial charge in [-0.1, -0.05) is 17.3 Å². The Bertz CT molecular complexity index is 479. The second-order valence-electron chi connectivity index (χ2n) is 3.58. The van der Waals surface area contributed by atoms with Gasteiger partial charge < -0.3 is 5.73 Å². The third-order valence-corrected chi connectivity index (χ3v) is 2.57. The predicted octanol–water partition coefficient (Wildman–Crippen LogP) is 1.76. The molecule has 0 saturated heterocycles. The number of nitrogens with zero attached hydrogens (tertiary/aromatic N) is 3. The van der Waals surface area contributed by atoms with Crippen LogP contribution in [0, 0.1) is 13.8 Å². The summed E-state index contributed by atoms with van der Waals surface area (Å²) in [5, 5.41) is 8.02. The van der Waals surface area contributed by atoms with Crippen LogP contribution in [0.2, 0.25) is 0 Å². The number of rotatable bonds is 2. The number of aryl methyl sites for hydroxylation is 1. The maximum absolute atomic E-state index is 5.49. The second-order valence-corrected chi connectivity index (χ2v) is 3.58. The predicted molar refractivity (Wildman–Crippen MR) is 66.0 cm³/mol. The Morgan fingerprint density at radius 3 is 2.69 bits per heavy atom. The van der Waals surface area contributed by atoms with Crippen LogP contribution in [-0.4, -0.2) is 15.0 Å². The van der Waals surface area contributed by atoms with E-state index < -0.39 is 0 Å². The van der Waals surface area contributed by atoms with E-state index in [1.54, 1.807) is 4.68 Å². The molecule has 4 nitrogen and oxygen atoms in total. The van der Waals surface area contributed by atoms with Gasteiger partial charge in [0.15, 0.2) is 0 Å². The maximum Gasteiger partial charge on any atom is 0.0967 e. The molecule has 2 N–H and O–H groups in total. The highest BCUT2D eigenvalue weighted by atomic mass is 35.5. The van der Waals surface area contributed by atoms with Crippen molar-refractivity contribution in [2.24, 2.45) is 5.73 Å². The van der Waals surface area contributed by atoms with Gasteiger partial charge >= 0.3 is 0 Å². The van der Waals surface area contributed by atoms with E-state index in [2.05, 4.69) is 30.2 Å². The lowest BCUT2D eigenvalue weighted by atomic mass is 10.1. The molecular formula is C11H15ClN4. The lowest BCUT2D eigenvalue weighted by molar-refractivity contribution is 0.791. The molecule has 2 rings (SSSR count). The summed E-state index contributed by atoms with van der Waals surface area (Å²) in [5.41, 5.74) is 9.81. The number of halogens is 1. The van der Waals surface area contributed by atoms with Crippen LogP contribution in [-0.2, 0) is 6.54 Å². The summed E-state index contributed by atoms with van der Waals surface area (Å²) in [6.45, 7) is 4.58. The van der Waals surface area contributed by atoms with Gasteiger partial charge in [0.1, 0.15) is 0 Å². The first-order valence-electron chi connectivity index (χ1n) is 4.90. The van der Waals surface area contributed by atoms with Crippen molar-refractivity contribution < 1.29 is 0 Å². The molecule has 0 radical (unpaired) electrons. The average molecular weight is 239 g/mol. The van der Waals surface area contributed by atoms with Crippen LogP contribution >= 0.6 is 12.4 Å². The largest absolute Gasteiger partial charge is 0.325 e. The fourth-order valence-electron chi connectivity index (χ4n) is 1.49. The van der Waals surface area contributed by atoms with E-state index in [9.17, 15) is 0 Å². The molecule has 1 heterocycles. The van der Waals surface area contributed by atoms with Gasteiger partial charge in [0, 0.05) is 6.54 Å². The van der Waals surface area contributed by atoms with Gasteiger partial charge in [-0.25, -0.2) is 4.68 Å². The van der Waals surface area contributed by atoms with Crippen molar-refractivity contribution in [2.45, 2.75) is 20.4 Å². The molecule has 0 bridgehead atoms. The van der Waals surface area contributed by atoms with Crippen LogP contribution < -0.4 is 5.73 Å². The topological polar surface area (TPSA) is 56.7 Å². The van der Waals surface area contributed by atoms with E-state index >= 15 is 0 Å². The molecule has 2 aromatic rings. The number of nitrogens with two attached hydrogens (primary N) is 1. The van der Waals surface area contributed by atoms with Crippen LogP contribution in [0.1, 0.15) is 16.8 Å². The highest BCUT2D eigenvalue weighted by Gasteiger charge is 2.05. The molecule has 86 valence electrons. The van der Waals surface area contributed by atoms with Gasteiger partial charge in [-0.15, -0.1) is 17.5 Å². The summed E-state index contributed by atoms with van der Waals surface area (Å²) in [7, 11) is 0. The Labute approximate surface area is 101 Å². The molecule has 0 aliphatic heterocycles. The van der Waals surface area contributed by atoms with Gasteiger partial charge in [0.25, 0.3) is 0 Å². The van der Waals surface area contributed by atoms with E-state index in [0.717, 1.165) is 11.4 Å². The summed E-state index contributed by atoms with van der Waals surface area (Å²) in [6, 6.07) is 6.12. The fraction of sp³-hybridized carbons (Fsp3) is 0.273. The summed E-state index contributed by atoms with van der Waals surface area (Å²) >= 11 is 0. The SMILES string of the molecule is Cc1cccc(-n2cc(CN)nn2)c1C.Cl. The number of hydrogen-bond acceptors (Lipinski definition) is 3. The Balaban J connectivity index is 0.00000128. The fourth-order valence-corrected chi connectivity index (χ4v) is 1.49. The van der Waals surface area contributed by atoms with E-state index in [0.29, 0.717) is 6.54 Å². The monoisotopic (exact) mass is 238 g/mol. The Hall–Kier alpha value is -1.39. The molecule has 0 atom stereocenters. The van der Waals surface area contributed by atoms with Crippen LogP contribution in [0.4, 0.5) is 0 Å². The summed E-state index contributed by atoms with van der Waals surface area (Å²) in [6.07, 6.45) is 1.86. The van der Waals surface area contributed by atoms with Crippen molar-refractivity contribution >= 4 is 12.4 Å². The molecule has 0 aliphatic carbocycles. The molecule has 0 saturated carbocycles. The molecular weight excluding hydrogens is 224 g/mol. The molecule has 0 aliphatic rings. The van der Waals surface area contributed by atoms with Crippen LogP contribution in [0.15, 0.2) is 24.4 Å². The zero-order valence-corrected chi connectivity index (χ0v) is 10.2. The highest BCUT2D eigenvalue weighted by Crippen LogP contribution is 2.16. The van der Waals surface area contributed by atoms with Crippen LogP contribution in [0.3, 0.4) is 0 Å². The van der Waals surface area contributed by atoms with Gasteiger partial charge in [-0.3, -0.25) is 0 Å². The van der Waals surface area contributed by atoms with E-state index in [4.69, 9.17) is 5.73 Å². The normalized spacial score (nSPS) is 9.94. The summed E-state index contributed by atoms with van der Waals surface area (Å²) in [4.78, 5) is 0. The minimum absolute atomic E-state index is 0. The minimum Gasteiger partial charge on any atom is -0.325 e. The number of hydrogen-bond donors (Lipinski definition) is 1. The van der Waals surface area contributed by atoms with E-state index in [1.807, 2.05) is 18.3 Å². The summed E-state index contributed by atoms with van der Waals surface area (Å²) < 4.78 is 1.77. The number of aromatic nitrogens is 3. The Kier molecular flexibility index (Phi) is 4.04. The molecule has 16 heavy (non-hydrogen) atoms. The Morgan fingerprint density at radius 1 is 1.31 bits per heavy atom.